The highest BCUT2D eigenvalue weighted by atomic mass is 16.3. The van der Waals surface area contributed by atoms with E-state index in [1.54, 1.807) is 0 Å². The molecule has 2 aromatic carbocycles. The molecule has 0 heterocycles. The van der Waals surface area contributed by atoms with E-state index in [1.807, 2.05) is 0 Å². The Bertz CT molecular complexity index is 709. The molecule has 2 rings (SSSR count). The van der Waals surface area contributed by atoms with Crippen molar-refractivity contribution in [2.75, 3.05) is 0 Å². The summed E-state index contributed by atoms with van der Waals surface area (Å²) >= 11 is 0. The van der Waals surface area contributed by atoms with E-state index in [4.69, 9.17) is 0 Å². The monoisotopic (exact) mass is 354 g/mol. The number of phenolic OH excluding ortho intramolecular Hbond substituents is 2. The maximum atomic E-state index is 11.0. The van der Waals surface area contributed by atoms with E-state index in [9.17, 15) is 10.2 Å². The standard InChI is InChI=1S/C24H34O2/c1-8-9-18(21-12-16(6)10-19(14(2)3)23(21)25)22-13-17(7)11-20(15(4)5)24(22)26/h10-15,18,25-26H,8-9H2,1-7H3. The summed E-state index contributed by atoms with van der Waals surface area (Å²) in [6.07, 6.45) is 1.88. The molecule has 0 spiro atoms. The van der Waals surface area contributed by atoms with Gasteiger partial charge in [0, 0.05) is 17.0 Å². The van der Waals surface area contributed by atoms with Crippen LogP contribution >= 0.6 is 0 Å². The third kappa shape index (κ3) is 4.06. The van der Waals surface area contributed by atoms with E-state index in [0.29, 0.717) is 11.5 Å². The molecule has 0 radical (unpaired) electrons. The summed E-state index contributed by atoms with van der Waals surface area (Å²) in [5.74, 6) is 1.28. The van der Waals surface area contributed by atoms with Crippen molar-refractivity contribution in [2.45, 2.75) is 79.1 Å². The van der Waals surface area contributed by atoms with E-state index in [-0.39, 0.29) is 17.8 Å². The lowest BCUT2D eigenvalue weighted by atomic mass is 9.81. The van der Waals surface area contributed by atoms with Crippen LogP contribution in [0.5, 0.6) is 11.5 Å². The number of rotatable bonds is 6. The second kappa shape index (κ2) is 8.16. The molecule has 0 saturated heterocycles. The normalized spacial score (nSPS) is 11.8. The Kier molecular flexibility index (Phi) is 6.39. The van der Waals surface area contributed by atoms with E-state index in [0.717, 1.165) is 46.2 Å². The van der Waals surface area contributed by atoms with Gasteiger partial charge in [0.2, 0.25) is 0 Å². The molecule has 26 heavy (non-hydrogen) atoms. The van der Waals surface area contributed by atoms with Gasteiger partial charge < -0.3 is 10.2 Å². The van der Waals surface area contributed by atoms with Crippen LogP contribution in [0.4, 0.5) is 0 Å². The molecule has 2 nitrogen and oxygen atoms in total. The molecule has 0 atom stereocenters. The van der Waals surface area contributed by atoms with Crippen LogP contribution in [0.15, 0.2) is 24.3 Å². The summed E-state index contributed by atoms with van der Waals surface area (Å²) in [6.45, 7) is 14.7. The van der Waals surface area contributed by atoms with E-state index in [2.05, 4.69) is 72.7 Å². The highest BCUT2D eigenvalue weighted by Crippen LogP contribution is 2.44. The first kappa shape index (κ1) is 20.4. The van der Waals surface area contributed by atoms with Gasteiger partial charge in [-0.1, -0.05) is 76.4 Å². The summed E-state index contributed by atoms with van der Waals surface area (Å²) in [5, 5.41) is 22.0. The fraction of sp³-hybridized carbons (Fsp3) is 0.500. The Morgan fingerprint density at radius 1 is 0.692 bits per heavy atom. The first-order chi connectivity index (χ1) is 12.2. The van der Waals surface area contributed by atoms with Gasteiger partial charge in [-0.3, -0.25) is 0 Å². The molecule has 2 aromatic rings. The van der Waals surface area contributed by atoms with Crippen LogP contribution in [0.3, 0.4) is 0 Å². The zero-order valence-electron chi connectivity index (χ0n) is 17.4. The van der Waals surface area contributed by atoms with E-state index in [1.165, 1.54) is 0 Å². The average molecular weight is 355 g/mol. The highest BCUT2D eigenvalue weighted by Gasteiger charge is 2.25. The van der Waals surface area contributed by atoms with Crippen molar-refractivity contribution < 1.29 is 10.2 Å². The van der Waals surface area contributed by atoms with Crippen LogP contribution in [-0.2, 0) is 0 Å². The lowest BCUT2D eigenvalue weighted by Gasteiger charge is -2.25. The Hall–Kier alpha value is -1.96. The van der Waals surface area contributed by atoms with Crippen LogP contribution in [0.1, 0.15) is 98.6 Å². The lowest BCUT2D eigenvalue weighted by Crippen LogP contribution is -2.06. The predicted molar refractivity (Wildman–Crippen MR) is 111 cm³/mol. The fourth-order valence-corrected chi connectivity index (χ4v) is 3.85. The van der Waals surface area contributed by atoms with Crippen molar-refractivity contribution >= 4 is 0 Å². The maximum Gasteiger partial charge on any atom is 0.122 e. The highest BCUT2D eigenvalue weighted by molar-refractivity contribution is 5.54. The number of hydrogen-bond acceptors (Lipinski definition) is 2. The van der Waals surface area contributed by atoms with Crippen LogP contribution < -0.4 is 0 Å². The van der Waals surface area contributed by atoms with Crippen molar-refractivity contribution in [1.82, 2.24) is 0 Å². The fourth-order valence-electron chi connectivity index (χ4n) is 3.85. The third-order valence-corrected chi connectivity index (χ3v) is 5.20. The molecule has 2 N–H and O–H groups in total. The summed E-state index contributed by atoms with van der Waals surface area (Å²) in [6, 6.07) is 8.31. The minimum absolute atomic E-state index is 0.00481. The Balaban J connectivity index is 2.73. The lowest BCUT2D eigenvalue weighted by molar-refractivity contribution is 0.440. The molecule has 0 aliphatic rings. The van der Waals surface area contributed by atoms with Crippen molar-refractivity contribution in [3.63, 3.8) is 0 Å². The van der Waals surface area contributed by atoms with Crippen LogP contribution in [0.25, 0.3) is 0 Å². The molecular formula is C24H34O2. The van der Waals surface area contributed by atoms with Crippen molar-refractivity contribution in [1.29, 1.82) is 0 Å². The Morgan fingerprint density at radius 3 is 1.35 bits per heavy atom. The maximum absolute atomic E-state index is 11.0. The molecule has 0 unspecified atom stereocenters. The van der Waals surface area contributed by atoms with Crippen molar-refractivity contribution in [2.24, 2.45) is 0 Å². The molecule has 0 fully saturated rings. The third-order valence-electron chi connectivity index (χ3n) is 5.20. The van der Waals surface area contributed by atoms with E-state index < -0.39 is 0 Å². The number of aryl methyl sites for hydroxylation is 2. The SMILES string of the molecule is CCCC(c1cc(C)cc(C(C)C)c1O)c1cc(C)cc(C(C)C)c1O. The predicted octanol–water partition coefficient (Wildman–Crippen LogP) is 6.89. The van der Waals surface area contributed by atoms with Gasteiger partial charge in [-0.15, -0.1) is 0 Å². The van der Waals surface area contributed by atoms with Crippen molar-refractivity contribution in [3.8, 4) is 11.5 Å². The molecule has 0 bridgehead atoms. The molecule has 0 amide bonds. The van der Waals surface area contributed by atoms with Gasteiger partial charge in [0.25, 0.3) is 0 Å². The summed E-state index contributed by atoms with van der Waals surface area (Å²) in [5.41, 5.74) is 6.14. The second-order valence-electron chi connectivity index (χ2n) is 8.23. The molecular weight excluding hydrogens is 320 g/mol. The van der Waals surface area contributed by atoms with E-state index >= 15 is 0 Å². The molecule has 0 aromatic heterocycles. The molecule has 0 aliphatic carbocycles. The molecule has 142 valence electrons. The van der Waals surface area contributed by atoms with Crippen LogP contribution in [0, 0.1) is 13.8 Å². The minimum Gasteiger partial charge on any atom is -0.507 e. The van der Waals surface area contributed by atoms with Gasteiger partial charge in [0.1, 0.15) is 11.5 Å². The number of hydrogen-bond donors (Lipinski definition) is 2. The molecule has 0 aliphatic heterocycles. The minimum atomic E-state index is -0.00481. The van der Waals surface area contributed by atoms with Gasteiger partial charge >= 0.3 is 0 Å². The number of phenols is 2. The zero-order valence-corrected chi connectivity index (χ0v) is 17.4. The van der Waals surface area contributed by atoms with Crippen LogP contribution in [-0.4, -0.2) is 10.2 Å². The largest absolute Gasteiger partial charge is 0.507 e. The number of aromatic hydroxyl groups is 2. The number of benzene rings is 2. The summed E-state index contributed by atoms with van der Waals surface area (Å²) in [7, 11) is 0. The quantitative estimate of drug-likeness (QED) is 0.592. The summed E-state index contributed by atoms with van der Waals surface area (Å²) < 4.78 is 0. The van der Waals surface area contributed by atoms with Gasteiger partial charge in [0.05, 0.1) is 0 Å². The van der Waals surface area contributed by atoms with Gasteiger partial charge in [-0.05, 0) is 43.2 Å². The average Bonchev–Trinajstić information content (AvgIpc) is 2.56. The topological polar surface area (TPSA) is 40.5 Å². The molecule has 2 heteroatoms. The zero-order chi connectivity index (χ0) is 19.6. The van der Waals surface area contributed by atoms with Crippen molar-refractivity contribution in [3.05, 3.63) is 57.6 Å². The Labute approximate surface area is 158 Å². The van der Waals surface area contributed by atoms with Crippen LogP contribution in [0.2, 0.25) is 0 Å². The smallest absolute Gasteiger partial charge is 0.122 e. The second-order valence-corrected chi connectivity index (χ2v) is 8.23. The first-order valence-corrected chi connectivity index (χ1v) is 9.84. The van der Waals surface area contributed by atoms with Gasteiger partial charge in [0.15, 0.2) is 0 Å². The van der Waals surface area contributed by atoms with Gasteiger partial charge in [-0.25, -0.2) is 0 Å². The molecule has 0 saturated carbocycles. The summed E-state index contributed by atoms with van der Waals surface area (Å²) in [4.78, 5) is 0. The Morgan fingerprint density at radius 2 is 1.04 bits per heavy atom. The van der Waals surface area contributed by atoms with Gasteiger partial charge in [-0.2, -0.15) is 0 Å². The first-order valence-electron chi connectivity index (χ1n) is 9.84.